The third-order valence-electron chi connectivity index (χ3n) is 4.58. The van der Waals surface area contributed by atoms with Gasteiger partial charge in [-0.3, -0.25) is 4.68 Å². The molecule has 1 saturated heterocycles. The molecule has 0 amide bonds. The van der Waals surface area contributed by atoms with E-state index in [2.05, 4.69) is 24.3 Å². The van der Waals surface area contributed by atoms with E-state index in [4.69, 9.17) is 26.2 Å². The number of nitrogens with zero attached hydrogens (tertiary/aromatic N) is 2. The van der Waals surface area contributed by atoms with Crippen molar-refractivity contribution in [3.05, 3.63) is 34.6 Å². The summed E-state index contributed by atoms with van der Waals surface area (Å²) in [6, 6.07) is 3.95. The molecule has 0 bridgehead atoms. The molecular weight excluding hydrogens is 411 g/mol. The zero-order chi connectivity index (χ0) is 21.8. The molecule has 0 saturated carbocycles. The molecule has 29 heavy (non-hydrogen) atoms. The Kier molecular flexibility index (Phi) is 7.54. The molecule has 0 atom stereocenters. The molecule has 160 valence electrons. The van der Waals surface area contributed by atoms with Gasteiger partial charge in [0.1, 0.15) is 11.9 Å². The fourth-order valence-electron chi connectivity index (χ4n) is 2.93. The summed E-state index contributed by atoms with van der Waals surface area (Å²) in [7, 11) is 1.95. The summed E-state index contributed by atoms with van der Waals surface area (Å²) in [6.45, 7) is 6.14. The first-order valence-electron chi connectivity index (χ1n) is 8.97. The molecular formula is C19H23ClF3N3O3. The number of benzene rings is 1. The first-order chi connectivity index (χ1) is 13.5. The quantitative estimate of drug-likeness (QED) is 0.761. The van der Waals surface area contributed by atoms with Crippen LogP contribution in [0.4, 0.5) is 13.2 Å². The van der Waals surface area contributed by atoms with Crippen molar-refractivity contribution in [2.45, 2.75) is 39.0 Å². The van der Waals surface area contributed by atoms with Crippen LogP contribution in [0.1, 0.15) is 24.1 Å². The number of aryl methyl sites for hydroxylation is 2. The fraction of sp³-hybridized carbons (Fsp3) is 0.474. The van der Waals surface area contributed by atoms with E-state index in [1.165, 1.54) is 0 Å². The van der Waals surface area contributed by atoms with Crippen LogP contribution in [0.15, 0.2) is 18.3 Å². The van der Waals surface area contributed by atoms with Gasteiger partial charge in [-0.2, -0.15) is 18.3 Å². The maximum absolute atomic E-state index is 10.6. The molecule has 0 aliphatic carbocycles. The van der Waals surface area contributed by atoms with Crippen molar-refractivity contribution in [1.29, 1.82) is 0 Å². The van der Waals surface area contributed by atoms with Crippen LogP contribution in [0.3, 0.4) is 0 Å². The van der Waals surface area contributed by atoms with E-state index in [9.17, 15) is 13.2 Å². The molecule has 0 spiro atoms. The number of halogens is 4. The molecule has 1 aromatic carbocycles. The van der Waals surface area contributed by atoms with Gasteiger partial charge < -0.3 is 15.2 Å². The zero-order valence-corrected chi connectivity index (χ0v) is 17.1. The highest BCUT2D eigenvalue weighted by atomic mass is 35.5. The Bertz CT molecular complexity index is 862. The average molecular weight is 434 g/mol. The van der Waals surface area contributed by atoms with Crippen LogP contribution < -0.4 is 10.1 Å². The number of rotatable bonds is 3. The number of carboxylic acids is 1. The molecule has 1 aliphatic rings. The monoisotopic (exact) mass is 433 g/mol. The van der Waals surface area contributed by atoms with Crippen LogP contribution in [0.5, 0.6) is 5.75 Å². The number of ether oxygens (including phenoxy) is 1. The Balaban J connectivity index is 0.000000370. The van der Waals surface area contributed by atoms with Crippen molar-refractivity contribution in [2.24, 2.45) is 7.05 Å². The number of aliphatic carboxylic acids is 1. The molecule has 2 heterocycles. The number of carboxylic acid groups (broad SMARTS) is 1. The number of alkyl halides is 3. The van der Waals surface area contributed by atoms with Crippen molar-refractivity contribution in [2.75, 3.05) is 13.1 Å². The Labute approximate surface area is 171 Å². The Morgan fingerprint density at radius 3 is 2.34 bits per heavy atom. The molecule has 1 fully saturated rings. The van der Waals surface area contributed by atoms with Crippen LogP contribution in [0, 0.1) is 13.8 Å². The number of hydrogen-bond acceptors (Lipinski definition) is 4. The van der Waals surface area contributed by atoms with Crippen LogP contribution in [0.25, 0.3) is 11.1 Å². The van der Waals surface area contributed by atoms with E-state index in [1.54, 1.807) is 0 Å². The first kappa shape index (κ1) is 23.0. The summed E-state index contributed by atoms with van der Waals surface area (Å²) in [4.78, 5) is 8.90. The van der Waals surface area contributed by atoms with Gasteiger partial charge in [-0.1, -0.05) is 11.6 Å². The lowest BCUT2D eigenvalue weighted by molar-refractivity contribution is -0.192. The fourth-order valence-corrected chi connectivity index (χ4v) is 3.20. The van der Waals surface area contributed by atoms with Crippen LogP contribution in [-0.4, -0.2) is 46.2 Å². The van der Waals surface area contributed by atoms with E-state index in [0.717, 1.165) is 59.1 Å². The van der Waals surface area contributed by atoms with Crippen molar-refractivity contribution in [3.63, 3.8) is 0 Å². The summed E-state index contributed by atoms with van der Waals surface area (Å²) < 4.78 is 40.0. The van der Waals surface area contributed by atoms with Gasteiger partial charge in [-0.05, 0) is 57.5 Å². The summed E-state index contributed by atoms with van der Waals surface area (Å²) >= 11 is 6.28. The Hall–Kier alpha value is -2.26. The molecule has 10 heteroatoms. The SMILES string of the molecule is Cc1cc(Cl)cc(-c2cnn(C)c2C)c1OC1CCNCC1.O=C(O)C(F)(F)F. The largest absolute Gasteiger partial charge is 0.490 e. The third kappa shape index (κ3) is 6.11. The summed E-state index contributed by atoms with van der Waals surface area (Å²) in [5.74, 6) is -1.82. The molecule has 1 aliphatic heterocycles. The minimum Gasteiger partial charge on any atom is -0.489 e. The summed E-state index contributed by atoms with van der Waals surface area (Å²) in [5.41, 5.74) is 4.30. The first-order valence-corrected chi connectivity index (χ1v) is 9.35. The molecule has 2 aromatic rings. The predicted octanol–water partition coefficient (Wildman–Crippen LogP) is 4.12. The second kappa shape index (κ2) is 9.49. The van der Waals surface area contributed by atoms with E-state index in [1.807, 2.05) is 30.1 Å². The van der Waals surface area contributed by atoms with E-state index >= 15 is 0 Å². The number of piperidine rings is 1. The topological polar surface area (TPSA) is 76.4 Å². The number of aromatic nitrogens is 2. The lowest BCUT2D eigenvalue weighted by atomic mass is 10.0. The van der Waals surface area contributed by atoms with Gasteiger partial charge in [0.05, 0.1) is 6.20 Å². The summed E-state index contributed by atoms with van der Waals surface area (Å²) in [5, 5.41) is 15.6. The molecule has 6 nitrogen and oxygen atoms in total. The summed E-state index contributed by atoms with van der Waals surface area (Å²) in [6.07, 6.45) is -0.867. The molecule has 0 radical (unpaired) electrons. The molecule has 3 rings (SSSR count). The highest BCUT2D eigenvalue weighted by Crippen LogP contribution is 2.38. The highest BCUT2D eigenvalue weighted by Gasteiger charge is 2.38. The second-order valence-corrected chi connectivity index (χ2v) is 7.17. The van der Waals surface area contributed by atoms with Crippen LogP contribution in [0.2, 0.25) is 5.02 Å². The molecule has 0 unspecified atom stereocenters. The van der Waals surface area contributed by atoms with Gasteiger partial charge in [0.25, 0.3) is 0 Å². The van der Waals surface area contributed by atoms with Crippen molar-refractivity contribution in [3.8, 4) is 16.9 Å². The van der Waals surface area contributed by atoms with Gasteiger partial charge in [0.15, 0.2) is 0 Å². The Morgan fingerprint density at radius 2 is 1.86 bits per heavy atom. The predicted molar refractivity (Wildman–Crippen MR) is 103 cm³/mol. The third-order valence-corrected chi connectivity index (χ3v) is 4.80. The van der Waals surface area contributed by atoms with Gasteiger partial charge in [0, 0.05) is 28.9 Å². The van der Waals surface area contributed by atoms with E-state index in [-0.39, 0.29) is 6.10 Å². The van der Waals surface area contributed by atoms with Gasteiger partial charge in [0.2, 0.25) is 0 Å². The number of nitrogens with one attached hydrogen (secondary N) is 1. The van der Waals surface area contributed by atoms with E-state index in [0.29, 0.717) is 0 Å². The Morgan fingerprint density at radius 1 is 1.28 bits per heavy atom. The number of hydrogen-bond donors (Lipinski definition) is 2. The smallest absolute Gasteiger partial charge is 0.489 e. The zero-order valence-electron chi connectivity index (χ0n) is 16.3. The second-order valence-electron chi connectivity index (χ2n) is 6.74. The number of carbonyl (C=O) groups is 1. The average Bonchev–Trinajstić information content (AvgIpc) is 2.97. The minimum atomic E-state index is -5.08. The van der Waals surface area contributed by atoms with Crippen LogP contribution in [-0.2, 0) is 11.8 Å². The lowest BCUT2D eigenvalue weighted by Gasteiger charge is -2.26. The van der Waals surface area contributed by atoms with Gasteiger partial charge >= 0.3 is 12.1 Å². The van der Waals surface area contributed by atoms with E-state index < -0.39 is 12.1 Å². The molecule has 2 N–H and O–H groups in total. The van der Waals surface area contributed by atoms with Crippen molar-refractivity contribution < 1.29 is 27.8 Å². The highest BCUT2D eigenvalue weighted by molar-refractivity contribution is 6.31. The maximum atomic E-state index is 10.6. The van der Waals surface area contributed by atoms with Gasteiger partial charge in [-0.25, -0.2) is 4.79 Å². The molecule has 1 aromatic heterocycles. The lowest BCUT2D eigenvalue weighted by Crippen LogP contribution is -2.34. The minimum absolute atomic E-state index is 0.261. The van der Waals surface area contributed by atoms with Gasteiger partial charge in [-0.15, -0.1) is 0 Å². The van der Waals surface area contributed by atoms with Crippen molar-refractivity contribution >= 4 is 17.6 Å². The van der Waals surface area contributed by atoms with Crippen LogP contribution >= 0.6 is 11.6 Å². The maximum Gasteiger partial charge on any atom is 0.490 e. The van der Waals surface area contributed by atoms with Crippen molar-refractivity contribution in [1.82, 2.24) is 15.1 Å². The normalized spacial score (nSPS) is 14.9. The standard InChI is InChI=1S/C17H22ClN3O.C2HF3O2/c1-11-8-13(18)9-15(16-10-20-21(3)12(16)2)17(11)22-14-4-6-19-7-5-14;3-2(4,5)1(6)7/h8-10,14,19H,4-7H2,1-3H3;(H,6,7).